The average Bonchev–Trinajstić information content (AvgIpc) is 2.67. The van der Waals surface area contributed by atoms with Gasteiger partial charge in [-0.1, -0.05) is 0 Å². The molecule has 0 saturated carbocycles. The van der Waals surface area contributed by atoms with Gasteiger partial charge < -0.3 is 10.6 Å². The summed E-state index contributed by atoms with van der Waals surface area (Å²) in [4.78, 5) is 2.26. The van der Waals surface area contributed by atoms with Crippen molar-refractivity contribution in [3.05, 3.63) is 30.1 Å². The van der Waals surface area contributed by atoms with Crippen molar-refractivity contribution in [1.82, 2.24) is 0 Å². The molecule has 76 valence electrons. The predicted molar refractivity (Wildman–Crippen MR) is 55.8 cm³/mol. The van der Waals surface area contributed by atoms with Crippen LogP contribution in [0.3, 0.4) is 0 Å². The highest BCUT2D eigenvalue weighted by Crippen LogP contribution is 2.23. The molecule has 0 radical (unpaired) electrons. The lowest BCUT2D eigenvalue weighted by molar-refractivity contribution is 0.602. The standard InChI is InChI=1S/C11H15FN2/c12-10-1-3-11(4-2-10)14-6-5-9(7-13)8-14/h1-4,9H,5-8,13H2/t9-/m1/s1. The molecule has 0 unspecified atom stereocenters. The molecule has 3 heteroatoms. The predicted octanol–water partition coefficient (Wildman–Crippen LogP) is 1.61. The molecule has 0 bridgehead atoms. The topological polar surface area (TPSA) is 29.3 Å². The number of rotatable bonds is 2. The van der Waals surface area contributed by atoms with Crippen LogP contribution >= 0.6 is 0 Å². The van der Waals surface area contributed by atoms with E-state index in [9.17, 15) is 4.39 Å². The van der Waals surface area contributed by atoms with Gasteiger partial charge in [0.05, 0.1) is 0 Å². The van der Waals surface area contributed by atoms with Crippen LogP contribution in [0.5, 0.6) is 0 Å². The van der Waals surface area contributed by atoms with Crippen LogP contribution in [0.2, 0.25) is 0 Å². The first-order valence-electron chi connectivity index (χ1n) is 5.00. The number of halogens is 1. The van der Waals surface area contributed by atoms with E-state index in [2.05, 4.69) is 4.90 Å². The smallest absolute Gasteiger partial charge is 0.123 e. The lowest BCUT2D eigenvalue weighted by Gasteiger charge is -2.18. The van der Waals surface area contributed by atoms with E-state index in [-0.39, 0.29) is 5.82 Å². The van der Waals surface area contributed by atoms with Gasteiger partial charge in [0, 0.05) is 18.8 Å². The summed E-state index contributed by atoms with van der Waals surface area (Å²) in [7, 11) is 0. The minimum Gasteiger partial charge on any atom is -0.371 e. The third-order valence-corrected chi connectivity index (χ3v) is 2.81. The zero-order valence-electron chi connectivity index (χ0n) is 8.12. The molecule has 1 aliphatic rings. The zero-order chi connectivity index (χ0) is 9.97. The quantitative estimate of drug-likeness (QED) is 0.775. The van der Waals surface area contributed by atoms with Crippen molar-refractivity contribution in [1.29, 1.82) is 0 Å². The van der Waals surface area contributed by atoms with Gasteiger partial charge in [-0.2, -0.15) is 0 Å². The van der Waals surface area contributed by atoms with E-state index in [0.717, 1.165) is 31.7 Å². The molecule has 1 heterocycles. The van der Waals surface area contributed by atoms with Crippen molar-refractivity contribution in [3.63, 3.8) is 0 Å². The van der Waals surface area contributed by atoms with Gasteiger partial charge in [0.1, 0.15) is 5.82 Å². The summed E-state index contributed by atoms with van der Waals surface area (Å²) in [6.07, 6.45) is 1.15. The second-order valence-corrected chi connectivity index (χ2v) is 3.81. The normalized spacial score (nSPS) is 21.6. The lowest BCUT2D eigenvalue weighted by atomic mass is 10.1. The highest BCUT2D eigenvalue weighted by atomic mass is 19.1. The van der Waals surface area contributed by atoms with E-state index in [1.807, 2.05) is 12.1 Å². The molecule has 1 aromatic carbocycles. The van der Waals surface area contributed by atoms with E-state index in [1.54, 1.807) is 0 Å². The van der Waals surface area contributed by atoms with Crippen molar-refractivity contribution >= 4 is 5.69 Å². The maximum absolute atomic E-state index is 12.7. The Kier molecular flexibility index (Phi) is 2.68. The Labute approximate surface area is 83.5 Å². The number of nitrogens with zero attached hydrogens (tertiary/aromatic N) is 1. The maximum Gasteiger partial charge on any atom is 0.123 e. The summed E-state index contributed by atoms with van der Waals surface area (Å²) in [5.74, 6) is 0.420. The van der Waals surface area contributed by atoms with E-state index >= 15 is 0 Å². The second kappa shape index (κ2) is 3.96. The summed E-state index contributed by atoms with van der Waals surface area (Å²) in [5.41, 5.74) is 6.71. The average molecular weight is 194 g/mol. The van der Waals surface area contributed by atoms with E-state index in [0.29, 0.717) is 5.92 Å². The molecule has 2 rings (SSSR count). The lowest BCUT2D eigenvalue weighted by Crippen LogP contribution is -2.22. The molecule has 0 aromatic heterocycles. The number of hydrogen-bond acceptors (Lipinski definition) is 2. The molecule has 2 nitrogen and oxygen atoms in total. The molecule has 14 heavy (non-hydrogen) atoms. The zero-order valence-corrected chi connectivity index (χ0v) is 8.12. The van der Waals surface area contributed by atoms with Gasteiger partial charge >= 0.3 is 0 Å². The summed E-state index contributed by atoms with van der Waals surface area (Å²) in [5, 5.41) is 0. The fraction of sp³-hybridized carbons (Fsp3) is 0.455. The number of nitrogens with two attached hydrogens (primary N) is 1. The summed E-state index contributed by atoms with van der Waals surface area (Å²) in [6, 6.07) is 6.67. The van der Waals surface area contributed by atoms with Crippen LogP contribution in [0.4, 0.5) is 10.1 Å². The SMILES string of the molecule is NC[C@H]1CCN(c2ccc(F)cc2)C1. The molecule has 0 aliphatic carbocycles. The molecule has 1 aromatic rings. The van der Waals surface area contributed by atoms with E-state index < -0.39 is 0 Å². The van der Waals surface area contributed by atoms with Gasteiger partial charge in [0.25, 0.3) is 0 Å². The minimum atomic E-state index is -0.177. The molecular formula is C11H15FN2. The van der Waals surface area contributed by atoms with Crippen LogP contribution in [0.15, 0.2) is 24.3 Å². The van der Waals surface area contributed by atoms with Gasteiger partial charge in [-0.05, 0) is 43.1 Å². The van der Waals surface area contributed by atoms with Crippen LogP contribution < -0.4 is 10.6 Å². The van der Waals surface area contributed by atoms with E-state index in [1.165, 1.54) is 12.1 Å². The van der Waals surface area contributed by atoms with Crippen molar-refractivity contribution in [2.75, 3.05) is 24.5 Å². The molecular weight excluding hydrogens is 179 g/mol. The first kappa shape index (κ1) is 9.46. The molecule has 1 aliphatic heterocycles. The monoisotopic (exact) mass is 194 g/mol. The molecule has 1 fully saturated rings. The summed E-state index contributed by atoms with van der Waals surface area (Å²) in [6.45, 7) is 2.79. The van der Waals surface area contributed by atoms with Gasteiger partial charge in [0.15, 0.2) is 0 Å². The number of benzene rings is 1. The van der Waals surface area contributed by atoms with Crippen LogP contribution in [-0.2, 0) is 0 Å². The highest BCUT2D eigenvalue weighted by Gasteiger charge is 2.20. The second-order valence-electron chi connectivity index (χ2n) is 3.81. The van der Waals surface area contributed by atoms with Crippen molar-refractivity contribution in [2.24, 2.45) is 11.7 Å². The fourth-order valence-corrected chi connectivity index (χ4v) is 1.91. The van der Waals surface area contributed by atoms with Crippen LogP contribution in [0, 0.1) is 11.7 Å². The van der Waals surface area contributed by atoms with E-state index in [4.69, 9.17) is 5.73 Å². The first-order chi connectivity index (χ1) is 6.79. The Morgan fingerprint density at radius 3 is 2.64 bits per heavy atom. The molecule has 1 saturated heterocycles. The van der Waals surface area contributed by atoms with Crippen molar-refractivity contribution in [2.45, 2.75) is 6.42 Å². The van der Waals surface area contributed by atoms with Gasteiger partial charge in [-0.15, -0.1) is 0 Å². The molecule has 0 amide bonds. The third-order valence-electron chi connectivity index (χ3n) is 2.81. The Morgan fingerprint density at radius 1 is 1.36 bits per heavy atom. The van der Waals surface area contributed by atoms with Gasteiger partial charge in [0.2, 0.25) is 0 Å². The van der Waals surface area contributed by atoms with Crippen molar-refractivity contribution in [3.8, 4) is 0 Å². The molecule has 2 N–H and O–H groups in total. The third kappa shape index (κ3) is 1.87. The molecule has 1 atom stereocenters. The number of anilines is 1. The fourth-order valence-electron chi connectivity index (χ4n) is 1.91. The van der Waals surface area contributed by atoms with Crippen molar-refractivity contribution < 1.29 is 4.39 Å². The van der Waals surface area contributed by atoms with Gasteiger partial charge in [-0.25, -0.2) is 4.39 Å². The van der Waals surface area contributed by atoms with Crippen LogP contribution in [0.1, 0.15) is 6.42 Å². The first-order valence-corrected chi connectivity index (χ1v) is 5.00. The molecule has 0 spiro atoms. The maximum atomic E-state index is 12.7. The minimum absolute atomic E-state index is 0.177. The summed E-state index contributed by atoms with van der Waals surface area (Å²) >= 11 is 0. The summed E-state index contributed by atoms with van der Waals surface area (Å²) < 4.78 is 12.7. The van der Waals surface area contributed by atoms with Crippen LogP contribution in [-0.4, -0.2) is 19.6 Å². The Balaban J connectivity index is 2.06. The highest BCUT2D eigenvalue weighted by molar-refractivity contribution is 5.47. The number of hydrogen-bond donors (Lipinski definition) is 1. The van der Waals surface area contributed by atoms with Gasteiger partial charge in [-0.3, -0.25) is 0 Å². The Hall–Kier alpha value is -1.09. The Bertz CT molecular complexity index is 297. The van der Waals surface area contributed by atoms with Crippen LogP contribution in [0.25, 0.3) is 0 Å². The largest absolute Gasteiger partial charge is 0.371 e. The Morgan fingerprint density at radius 2 is 2.07 bits per heavy atom.